The fraction of sp³-hybridized carbons (Fsp3) is 0.556. The highest BCUT2D eigenvalue weighted by atomic mass is 32.1. The maximum atomic E-state index is 11.9. The van der Waals surface area contributed by atoms with Gasteiger partial charge in [-0.15, -0.1) is 0 Å². The number of amides is 1. The molecule has 0 bridgehead atoms. The SMILES string of the molecule is CNc1nc(N)c(C(=O)NC(CO)(CO)CO)s1. The van der Waals surface area contributed by atoms with Crippen molar-refractivity contribution in [2.45, 2.75) is 5.54 Å². The Balaban J connectivity index is 2.90. The summed E-state index contributed by atoms with van der Waals surface area (Å²) in [5.41, 5.74) is 4.09. The number of aliphatic hydroxyl groups is 3. The van der Waals surface area contributed by atoms with Crippen molar-refractivity contribution in [3.05, 3.63) is 4.88 Å². The molecule has 18 heavy (non-hydrogen) atoms. The van der Waals surface area contributed by atoms with Crippen molar-refractivity contribution in [1.82, 2.24) is 10.3 Å². The second kappa shape index (κ2) is 5.96. The van der Waals surface area contributed by atoms with Gasteiger partial charge in [0.2, 0.25) is 0 Å². The predicted molar refractivity (Wildman–Crippen MR) is 67.5 cm³/mol. The van der Waals surface area contributed by atoms with Crippen molar-refractivity contribution in [1.29, 1.82) is 0 Å². The number of aromatic nitrogens is 1. The Morgan fingerprint density at radius 1 is 1.39 bits per heavy atom. The number of nitrogens with zero attached hydrogens (tertiary/aromatic N) is 1. The Hall–Kier alpha value is -1.42. The molecule has 8 nitrogen and oxygen atoms in total. The minimum absolute atomic E-state index is 0.0459. The Bertz CT molecular complexity index is 410. The molecule has 1 aromatic rings. The normalized spacial score (nSPS) is 11.3. The molecule has 0 unspecified atom stereocenters. The summed E-state index contributed by atoms with van der Waals surface area (Å²) in [6.45, 7) is -1.78. The number of anilines is 2. The molecular weight excluding hydrogens is 260 g/mol. The van der Waals surface area contributed by atoms with Crippen LogP contribution in [0.3, 0.4) is 0 Å². The van der Waals surface area contributed by atoms with Gasteiger partial charge in [0.15, 0.2) is 5.13 Å². The number of thiazole rings is 1. The van der Waals surface area contributed by atoms with Gasteiger partial charge < -0.3 is 31.7 Å². The van der Waals surface area contributed by atoms with E-state index in [1.807, 2.05) is 0 Å². The first kappa shape index (κ1) is 14.6. The molecule has 0 aliphatic carbocycles. The number of carbonyl (C=O) groups is 1. The van der Waals surface area contributed by atoms with Crippen LogP contribution in [0.5, 0.6) is 0 Å². The van der Waals surface area contributed by atoms with Gasteiger partial charge in [-0.3, -0.25) is 4.79 Å². The van der Waals surface area contributed by atoms with Crippen molar-refractivity contribution in [3.8, 4) is 0 Å². The minimum Gasteiger partial charge on any atom is -0.394 e. The van der Waals surface area contributed by atoms with E-state index in [-0.39, 0.29) is 10.7 Å². The van der Waals surface area contributed by atoms with E-state index in [4.69, 9.17) is 21.1 Å². The highest BCUT2D eigenvalue weighted by Crippen LogP contribution is 2.24. The van der Waals surface area contributed by atoms with Crippen molar-refractivity contribution in [2.75, 3.05) is 37.9 Å². The van der Waals surface area contributed by atoms with Crippen molar-refractivity contribution in [2.24, 2.45) is 0 Å². The zero-order valence-electron chi connectivity index (χ0n) is 9.80. The van der Waals surface area contributed by atoms with Gasteiger partial charge in [0, 0.05) is 7.05 Å². The zero-order valence-corrected chi connectivity index (χ0v) is 10.6. The van der Waals surface area contributed by atoms with Crippen LogP contribution in [-0.2, 0) is 0 Å². The van der Waals surface area contributed by atoms with Gasteiger partial charge >= 0.3 is 0 Å². The lowest BCUT2D eigenvalue weighted by atomic mass is 10.0. The number of carbonyl (C=O) groups excluding carboxylic acids is 1. The molecule has 102 valence electrons. The molecule has 0 aliphatic rings. The van der Waals surface area contributed by atoms with Gasteiger partial charge in [0.05, 0.1) is 19.8 Å². The standard InChI is InChI=1S/C9H16N4O4S/c1-11-8-12-6(10)5(18-8)7(17)13-9(2-14,3-15)4-16/h14-16H,2-4,10H2,1H3,(H,11,12)(H,13,17). The van der Waals surface area contributed by atoms with E-state index in [1.165, 1.54) is 0 Å². The Kier molecular flexibility index (Phi) is 4.84. The summed E-state index contributed by atoms with van der Waals surface area (Å²) < 4.78 is 0. The summed E-state index contributed by atoms with van der Waals surface area (Å²) in [7, 11) is 1.64. The molecule has 1 amide bonds. The predicted octanol–water partition coefficient (Wildman–Crippen LogP) is -1.79. The molecule has 0 aromatic carbocycles. The number of nitrogens with one attached hydrogen (secondary N) is 2. The van der Waals surface area contributed by atoms with E-state index in [1.54, 1.807) is 7.05 Å². The lowest BCUT2D eigenvalue weighted by Gasteiger charge is -2.28. The third kappa shape index (κ3) is 2.88. The number of hydrogen-bond acceptors (Lipinski definition) is 8. The maximum absolute atomic E-state index is 11.9. The van der Waals surface area contributed by atoms with Crippen LogP contribution in [-0.4, -0.2) is 58.6 Å². The summed E-state index contributed by atoms with van der Waals surface area (Å²) in [6.07, 6.45) is 0. The first-order valence-corrected chi connectivity index (χ1v) is 5.92. The smallest absolute Gasteiger partial charge is 0.265 e. The van der Waals surface area contributed by atoms with Crippen LogP contribution >= 0.6 is 11.3 Å². The van der Waals surface area contributed by atoms with Gasteiger partial charge in [-0.25, -0.2) is 4.98 Å². The number of nitrogens with two attached hydrogens (primary N) is 1. The van der Waals surface area contributed by atoms with Crippen LogP contribution in [0.15, 0.2) is 0 Å². The van der Waals surface area contributed by atoms with E-state index in [9.17, 15) is 4.79 Å². The zero-order chi connectivity index (χ0) is 13.8. The quantitative estimate of drug-likeness (QED) is 0.360. The fourth-order valence-electron chi connectivity index (χ4n) is 1.17. The summed E-state index contributed by atoms with van der Waals surface area (Å²) in [6, 6.07) is 0. The molecule has 0 saturated heterocycles. The fourth-order valence-corrected chi connectivity index (χ4v) is 1.90. The van der Waals surface area contributed by atoms with E-state index in [2.05, 4.69) is 15.6 Å². The second-order valence-corrected chi connectivity index (χ2v) is 4.69. The van der Waals surface area contributed by atoms with Crippen LogP contribution in [0.25, 0.3) is 0 Å². The molecule has 0 atom stereocenters. The summed E-state index contributed by atoms with van der Waals surface area (Å²) >= 11 is 1.04. The van der Waals surface area contributed by atoms with E-state index >= 15 is 0 Å². The molecular formula is C9H16N4O4S. The molecule has 7 N–H and O–H groups in total. The average molecular weight is 276 g/mol. The van der Waals surface area contributed by atoms with Gasteiger partial charge in [0.25, 0.3) is 5.91 Å². The van der Waals surface area contributed by atoms with Crippen molar-refractivity contribution in [3.63, 3.8) is 0 Å². The van der Waals surface area contributed by atoms with Gasteiger partial charge in [-0.2, -0.15) is 0 Å². The second-order valence-electron chi connectivity index (χ2n) is 3.69. The Labute approximate surface area is 107 Å². The number of nitrogen functional groups attached to an aromatic ring is 1. The van der Waals surface area contributed by atoms with Crippen LogP contribution in [0.1, 0.15) is 9.67 Å². The molecule has 9 heteroatoms. The van der Waals surface area contributed by atoms with Gasteiger partial charge in [0.1, 0.15) is 16.2 Å². The Morgan fingerprint density at radius 3 is 2.33 bits per heavy atom. The van der Waals surface area contributed by atoms with E-state index in [0.717, 1.165) is 11.3 Å². The number of hydrogen-bond donors (Lipinski definition) is 6. The lowest BCUT2D eigenvalue weighted by molar-refractivity contribution is 0.0377. The van der Waals surface area contributed by atoms with E-state index in [0.29, 0.717) is 5.13 Å². The molecule has 1 heterocycles. The first-order chi connectivity index (χ1) is 8.51. The summed E-state index contributed by atoms with van der Waals surface area (Å²) in [5, 5.41) is 32.9. The molecule has 0 spiro atoms. The number of aliphatic hydroxyl groups excluding tert-OH is 3. The molecule has 0 radical (unpaired) electrons. The van der Waals surface area contributed by atoms with E-state index < -0.39 is 31.3 Å². The topological polar surface area (TPSA) is 141 Å². The highest BCUT2D eigenvalue weighted by molar-refractivity contribution is 7.18. The largest absolute Gasteiger partial charge is 0.394 e. The molecule has 0 saturated carbocycles. The molecule has 1 aromatic heterocycles. The van der Waals surface area contributed by atoms with Gasteiger partial charge in [-0.1, -0.05) is 11.3 Å². The van der Waals surface area contributed by atoms with Crippen LogP contribution < -0.4 is 16.4 Å². The van der Waals surface area contributed by atoms with Crippen molar-refractivity contribution < 1.29 is 20.1 Å². The summed E-state index contributed by atoms with van der Waals surface area (Å²) in [5.74, 6) is -0.562. The van der Waals surface area contributed by atoms with Crippen LogP contribution in [0.4, 0.5) is 10.9 Å². The molecule has 1 rings (SSSR count). The number of rotatable bonds is 6. The molecule has 0 aliphatic heterocycles. The lowest BCUT2D eigenvalue weighted by Crippen LogP contribution is -2.57. The summed E-state index contributed by atoms with van der Waals surface area (Å²) in [4.78, 5) is 16.0. The van der Waals surface area contributed by atoms with Crippen LogP contribution in [0.2, 0.25) is 0 Å². The third-order valence-electron chi connectivity index (χ3n) is 2.36. The first-order valence-electron chi connectivity index (χ1n) is 5.11. The van der Waals surface area contributed by atoms with Gasteiger partial charge in [-0.05, 0) is 0 Å². The van der Waals surface area contributed by atoms with Crippen LogP contribution in [0, 0.1) is 0 Å². The monoisotopic (exact) mass is 276 g/mol. The maximum Gasteiger partial charge on any atom is 0.265 e. The average Bonchev–Trinajstić information content (AvgIpc) is 2.77. The minimum atomic E-state index is -1.48. The molecule has 0 fully saturated rings. The van der Waals surface area contributed by atoms with Crippen molar-refractivity contribution >= 4 is 28.2 Å². The highest BCUT2D eigenvalue weighted by Gasteiger charge is 2.31. The Morgan fingerprint density at radius 2 is 1.94 bits per heavy atom. The third-order valence-corrected chi connectivity index (χ3v) is 3.45.